The molecule has 2 atom stereocenters. The predicted molar refractivity (Wildman–Crippen MR) is 104 cm³/mol. The number of azide groups is 1. The molecule has 1 amide bonds. The Bertz CT molecular complexity index is 1010. The molecule has 0 N–H and O–H groups in total. The van der Waals surface area contributed by atoms with Gasteiger partial charge in [-0.2, -0.15) is 0 Å². The smallest absolute Gasteiger partial charge is 0.355 e. The van der Waals surface area contributed by atoms with Crippen LogP contribution in [0.1, 0.15) is 11.3 Å². The van der Waals surface area contributed by atoms with Crippen LogP contribution in [0.2, 0.25) is 0 Å². The zero-order chi connectivity index (χ0) is 20.4. The molecule has 0 spiro atoms. The number of carbonyl (C=O) groups is 2. The Balaban J connectivity index is 1.60. The number of thioether (sulfide) groups is 1. The van der Waals surface area contributed by atoms with Gasteiger partial charge in [0.2, 0.25) is 5.91 Å². The number of esters is 1. The topological polar surface area (TPSA) is 118 Å². The average molecular weight is 412 g/mol. The number of amides is 1. The number of methoxy groups -OCH3 is 1. The zero-order valence-electron chi connectivity index (χ0n) is 15.3. The summed E-state index contributed by atoms with van der Waals surface area (Å²) in [6, 6.07) is 9.73. The van der Waals surface area contributed by atoms with E-state index in [1.165, 1.54) is 22.9 Å². The predicted octanol–water partition coefficient (Wildman–Crippen LogP) is 3.34. The number of hydrogen-bond acceptors (Lipinski definition) is 7. The van der Waals surface area contributed by atoms with Crippen LogP contribution in [-0.2, 0) is 20.9 Å². The highest BCUT2D eigenvalue weighted by Gasteiger charge is 2.53. The van der Waals surface area contributed by atoms with Gasteiger partial charge in [0.1, 0.15) is 35.2 Å². The van der Waals surface area contributed by atoms with E-state index in [4.69, 9.17) is 19.4 Å². The molecular weight excluding hydrogens is 396 g/mol. The molecule has 4 rings (SSSR count). The van der Waals surface area contributed by atoms with E-state index >= 15 is 0 Å². The second-order valence-corrected chi connectivity index (χ2v) is 7.39. The second kappa shape index (κ2) is 7.94. The van der Waals surface area contributed by atoms with Crippen molar-refractivity contribution in [3.8, 4) is 5.75 Å². The number of furan rings is 1. The summed E-state index contributed by atoms with van der Waals surface area (Å²) in [5.41, 5.74) is 10.2. The Morgan fingerprint density at radius 3 is 2.83 bits per heavy atom. The van der Waals surface area contributed by atoms with Gasteiger partial charge >= 0.3 is 5.97 Å². The summed E-state index contributed by atoms with van der Waals surface area (Å²) in [5.74, 6) is 0.551. The minimum atomic E-state index is -0.826. The number of nitrogens with zero attached hydrogens (tertiary/aromatic N) is 4. The van der Waals surface area contributed by atoms with Crippen LogP contribution in [0.3, 0.4) is 0 Å². The quantitative estimate of drug-likeness (QED) is 0.236. The standard InChI is InChI=1S/C19H16N4O5S/c1-26-12-6-4-11(5-7-12)9-28-19(25)16-13(14-3-2-8-27-14)10-29-18-15(21-22-20)17(24)23(16)18/h2-8,15,18H,9-10H2,1H3/t15-,18-/m0/s1. The molecule has 0 aliphatic carbocycles. The van der Waals surface area contributed by atoms with Crippen molar-refractivity contribution >= 4 is 29.2 Å². The molecule has 0 radical (unpaired) electrons. The fourth-order valence-electron chi connectivity index (χ4n) is 3.20. The molecule has 3 heterocycles. The SMILES string of the molecule is COc1ccc(COC(=O)C2=C(c3ccco3)CS[C@H]3[C@@H](N=[N+]=[N-])C(=O)N23)cc1. The molecule has 0 unspecified atom stereocenters. The summed E-state index contributed by atoms with van der Waals surface area (Å²) < 4.78 is 16.0. The molecule has 2 aliphatic heterocycles. The van der Waals surface area contributed by atoms with Crippen LogP contribution in [0.15, 0.2) is 57.9 Å². The Morgan fingerprint density at radius 1 is 1.38 bits per heavy atom. The third-order valence-electron chi connectivity index (χ3n) is 4.66. The van der Waals surface area contributed by atoms with Gasteiger partial charge in [0.25, 0.3) is 0 Å². The maximum Gasteiger partial charge on any atom is 0.355 e. The van der Waals surface area contributed by atoms with E-state index in [1.807, 2.05) is 0 Å². The lowest BCUT2D eigenvalue weighted by molar-refractivity contribution is -0.151. The van der Waals surface area contributed by atoms with E-state index in [0.29, 0.717) is 22.8 Å². The van der Waals surface area contributed by atoms with Gasteiger partial charge in [-0.25, -0.2) is 4.79 Å². The Labute approximate surface area is 169 Å². The summed E-state index contributed by atoms with van der Waals surface area (Å²) in [4.78, 5) is 29.5. The molecule has 0 saturated carbocycles. The van der Waals surface area contributed by atoms with Crippen molar-refractivity contribution in [2.45, 2.75) is 18.0 Å². The van der Waals surface area contributed by atoms with Crippen LogP contribution in [0.25, 0.3) is 16.0 Å². The van der Waals surface area contributed by atoms with Gasteiger partial charge in [-0.15, -0.1) is 11.8 Å². The first-order valence-corrected chi connectivity index (χ1v) is 9.75. The fraction of sp³-hybridized carbons (Fsp3) is 0.263. The highest BCUT2D eigenvalue weighted by atomic mass is 32.2. The lowest BCUT2D eigenvalue weighted by Crippen LogP contribution is -2.63. The summed E-state index contributed by atoms with van der Waals surface area (Å²) in [6.07, 6.45) is 1.50. The van der Waals surface area contributed by atoms with Gasteiger partial charge < -0.3 is 13.9 Å². The van der Waals surface area contributed by atoms with Crippen molar-refractivity contribution in [2.24, 2.45) is 5.11 Å². The van der Waals surface area contributed by atoms with Gasteiger partial charge in [-0.1, -0.05) is 17.2 Å². The van der Waals surface area contributed by atoms with Gasteiger partial charge in [0.15, 0.2) is 0 Å². The first kappa shape index (κ1) is 19.0. The molecule has 148 valence electrons. The summed E-state index contributed by atoms with van der Waals surface area (Å²) in [6.45, 7) is 0.0391. The van der Waals surface area contributed by atoms with Gasteiger partial charge in [0.05, 0.1) is 13.4 Å². The van der Waals surface area contributed by atoms with Crippen LogP contribution >= 0.6 is 11.8 Å². The summed E-state index contributed by atoms with van der Waals surface area (Å²) >= 11 is 1.41. The largest absolute Gasteiger partial charge is 0.497 e. The van der Waals surface area contributed by atoms with Gasteiger partial charge in [-0.05, 0) is 35.4 Å². The van der Waals surface area contributed by atoms with Crippen molar-refractivity contribution in [3.63, 3.8) is 0 Å². The summed E-state index contributed by atoms with van der Waals surface area (Å²) in [5, 5.41) is 3.12. The molecule has 29 heavy (non-hydrogen) atoms. The van der Waals surface area contributed by atoms with E-state index in [1.54, 1.807) is 43.5 Å². The summed E-state index contributed by atoms with van der Waals surface area (Å²) in [7, 11) is 1.57. The molecular formula is C19H16N4O5S. The number of benzene rings is 1. The number of hydrogen-bond donors (Lipinski definition) is 0. The average Bonchev–Trinajstić information content (AvgIpc) is 3.29. The second-order valence-electron chi connectivity index (χ2n) is 6.29. The molecule has 1 aromatic carbocycles. The maximum absolute atomic E-state index is 12.9. The van der Waals surface area contributed by atoms with E-state index in [9.17, 15) is 9.59 Å². The minimum Gasteiger partial charge on any atom is -0.497 e. The van der Waals surface area contributed by atoms with Crippen LogP contribution in [0, 0.1) is 0 Å². The molecule has 1 saturated heterocycles. The Hall–Kier alpha value is -3.36. The molecule has 2 aromatic rings. The zero-order valence-corrected chi connectivity index (χ0v) is 16.2. The van der Waals surface area contributed by atoms with Crippen LogP contribution in [0.5, 0.6) is 5.75 Å². The van der Waals surface area contributed by atoms with Crippen molar-refractivity contribution < 1.29 is 23.5 Å². The molecule has 1 fully saturated rings. The number of β-lactam (4-membered cyclic amide) rings is 1. The van der Waals surface area contributed by atoms with Gasteiger partial charge in [-0.3, -0.25) is 9.69 Å². The fourth-order valence-corrected chi connectivity index (χ4v) is 4.52. The van der Waals surface area contributed by atoms with Crippen LogP contribution in [0.4, 0.5) is 0 Å². The Kier molecular flexibility index (Phi) is 5.20. The van der Waals surface area contributed by atoms with Crippen molar-refractivity contribution in [2.75, 3.05) is 12.9 Å². The first-order valence-electron chi connectivity index (χ1n) is 8.70. The highest BCUT2D eigenvalue weighted by molar-refractivity contribution is 8.00. The first-order chi connectivity index (χ1) is 14.1. The lowest BCUT2D eigenvalue weighted by Gasteiger charge is -2.47. The van der Waals surface area contributed by atoms with Crippen LogP contribution in [-0.4, -0.2) is 41.1 Å². The van der Waals surface area contributed by atoms with Crippen LogP contribution < -0.4 is 4.74 Å². The normalized spacial score (nSPS) is 20.4. The van der Waals surface area contributed by atoms with E-state index in [0.717, 1.165) is 5.56 Å². The lowest BCUT2D eigenvalue weighted by atomic mass is 10.0. The third kappa shape index (κ3) is 3.43. The van der Waals surface area contributed by atoms with Crippen molar-refractivity contribution in [3.05, 3.63) is 70.1 Å². The number of rotatable bonds is 6. The Morgan fingerprint density at radius 2 is 2.17 bits per heavy atom. The number of carbonyl (C=O) groups excluding carboxylic acids is 2. The van der Waals surface area contributed by atoms with E-state index < -0.39 is 23.3 Å². The third-order valence-corrected chi connectivity index (χ3v) is 5.92. The molecule has 10 heteroatoms. The highest BCUT2D eigenvalue weighted by Crippen LogP contribution is 2.44. The van der Waals surface area contributed by atoms with Gasteiger partial charge in [0, 0.05) is 16.2 Å². The maximum atomic E-state index is 12.9. The number of ether oxygens (including phenoxy) is 2. The number of fused-ring (bicyclic) bond motifs is 1. The molecule has 1 aromatic heterocycles. The van der Waals surface area contributed by atoms with E-state index in [-0.39, 0.29) is 12.3 Å². The van der Waals surface area contributed by atoms with Crippen molar-refractivity contribution in [1.29, 1.82) is 0 Å². The molecule has 2 aliphatic rings. The van der Waals surface area contributed by atoms with Crippen molar-refractivity contribution in [1.82, 2.24) is 4.90 Å². The minimum absolute atomic E-state index is 0.0391. The van der Waals surface area contributed by atoms with E-state index in [2.05, 4.69) is 10.0 Å². The molecule has 0 bridgehead atoms. The molecule has 9 nitrogen and oxygen atoms in total. The monoisotopic (exact) mass is 412 g/mol.